The summed E-state index contributed by atoms with van der Waals surface area (Å²) in [6.07, 6.45) is 0. The fraction of sp³-hybridized carbons (Fsp3) is 0.0526. The van der Waals surface area contributed by atoms with Crippen molar-refractivity contribution in [3.8, 4) is 11.1 Å². The number of ether oxygens (including phenoxy) is 1. The van der Waals surface area contributed by atoms with Gasteiger partial charge in [-0.3, -0.25) is 4.79 Å². The number of carbonyl (C=O) groups is 2. The lowest BCUT2D eigenvalue weighted by molar-refractivity contribution is 0.0603. The van der Waals surface area contributed by atoms with E-state index in [1.165, 1.54) is 31.4 Å². The molecular formula is C19H12Cl2FNO3S. The van der Waals surface area contributed by atoms with Crippen molar-refractivity contribution in [2.45, 2.75) is 0 Å². The number of nitrogens with one attached hydrogen (secondary N) is 1. The first kappa shape index (κ1) is 19.4. The molecule has 3 aromatic rings. The van der Waals surface area contributed by atoms with Gasteiger partial charge in [-0.2, -0.15) is 0 Å². The summed E-state index contributed by atoms with van der Waals surface area (Å²) in [4.78, 5) is 24.9. The number of esters is 1. The van der Waals surface area contributed by atoms with Crippen LogP contribution in [0.1, 0.15) is 20.7 Å². The fourth-order valence-electron chi connectivity index (χ4n) is 2.44. The highest BCUT2D eigenvalue weighted by Crippen LogP contribution is 2.36. The molecule has 1 N–H and O–H groups in total. The minimum Gasteiger partial charge on any atom is -0.465 e. The Hall–Kier alpha value is -2.41. The van der Waals surface area contributed by atoms with Gasteiger partial charge in [0.05, 0.1) is 17.7 Å². The smallest absolute Gasteiger partial charge is 0.341 e. The van der Waals surface area contributed by atoms with Gasteiger partial charge >= 0.3 is 5.97 Å². The topological polar surface area (TPSA) is 55.4 Å². The Morgan fingerprint density at radius 2 is 1.81 bits per heavy atom. The minimum atomic E-state index is -0.618. The van der Waals surface area contributed by atoms with Crippen molar-refractivity contribution < 1.29 is 18.7 Å². The molecule has 0 fully saturated rings. The van der Waals surface area contributed by atoms with Crippen LogP contribution in [0, 0.1) is 5.82 Å². The van der Waals surface area contributed by atoms with Crippen LogP contribution in [-0.2, 0) is 4.74 Å². The van der Waals surface area contributed by atoms with Gasteiger partial charge in [0.1, 0.15) is 16.4 Å². The third-order valence-corrected chi connectivity index (χ3v) is 5.18. The van der Waals surface area contributed by atoms with E-state index in [4.69, 9.17) is 27.9 Å². The number of thiophene rings is 1. The van der Waals surface area contributed by atoms with Crippen LogP contribution in [0.5, 0.6) is 0 Å². The molecule has 8 heteroatoms. The Morgan fingerprint density at radius 3 is 2.44 bits per heavy atom. The van der Waals surface area contributed by atoms with Crippen LogP contribution in [0.3, 0.4) is 0 Å². The molecule has 0 atom stereocenters. The zero-order chi connectivity index (χ0) is 19.6. The summed E-state index contributed by atoms with van der Waals surface area (Å²) >= 11 is 13.1. The Morgan fingerprint density at radius 1 is 1.11 bits per heavy atom. The largest absolute Gasteiger partial charge is 0.465 e. The number of carbonyl (C=O) groups excluding carboxylic acids is 2. The lowest BCUT2D eigenvalue weighted by Gasteiger charge is -2.09. The molecule has 0 aliphatic rings. The molecule has 0 saturated heterocycles. The maximum atomic E-state index is 13.2. The summed E-state index contributed by atoms with van der Waals surface area (Å²) in [5.74, 6) is -1.50. The summed E-state index contributed by atoms with van der Waals surface area (Å²) in [6.45, 7) is 0. The van der Waals surface area contributed by atoms with Crippen molar-refractivity contribution in [1.82, 2.24) is 0 Å². The number of hydrogen-bond acceptors (Lipinski definition) is 4. The second kappa shape index (κ2) is 8.08. The Kier molecular flexibility index (Phi) is 5.79. The van der Waals surface area contributed by atoms with Gasteiger partial charge in [-0.25, -0.2) is 9.18 Å². The summed E-state index contributed by atoms with van der Waals surface area (Å²) < 4.78 is 18.0. The molecule has 0 saturated carbocycles. The van der Waals surface area contributed by atoms with E-state index < -0.39 is 11.9 Å². The first-order valence-corrected chi connectivity index (χ1v) is 9.26. The number of rotatable bonds is 4. The van der Waals surface area contributed by atoms with E-state index in [9.17, 15) is 14.0 Å². The highest BCUT2D eigenvalue weighted by atomic mass is 35.5. The molecule has 0 spiro atoms. The van der Waals surface area contributed by atoms with Crippen LogP contribution >= 0.6 is 34.5 Å². The number of amides is 1. The number of benzene rings is 2. The molecule has 0 aliphatic carbocycles. The van der Waals surface area contributed by atoms with Gasteiger partial charge in [0.25, 0.3) is 5.91 Å². The van der Waals surface area contributed by atoms with Crippen LogP contribution in [0.4, 0.5) is 9.39 Å². The van der Waals surface area contributed by atoms with E-state index in [1.807, 2.05) is 0 Å². The molecule has 138 valence electrons. The van der Waals surface area contributed by atoms with E-state index >= 15 is 0 Å². The quantitative estimate of drug-likeness (QED) is 0.531. The van der Waals surface area contributed by atoms with Gasteiger partial charge < -0.3 is 10.1 Å². The molecular weight excluding hydrogens is 412 g/mol. The molecule has 1 heterocycles. The molecule has 4 nitrogen and oxygen atoms in total. The molecule has 27 heavy (non-hydrogen) atoms. The number of hydrogen-bond donors (Lipinski definition) is 1. The first-order chi connectivity index (χ1) is 12.9. The predicted octanol–water partition coefficient (Wildman–Crippen LogP) is 5.90. The number of anilines is 1. The second-order valence-electron chi connectivity index (χ2n) is 5.43. The molecule has 1 amide bonds. The maximum Gasteiger partial charge on any atom is 0.341 e. The lowest BCUT2D eigenvalue weighted by atomic mass is 10.0. The van der Waals surface area contributed by atoms with Crippen molar-refractivity contribution >= 4 is 51.4 Å². The van der Waals surface area contributed by atoms with Gasteiger partial charge in [-0.1, -0.05) is 35.3 Å². The van der Waals surface area contributed by atoms with Crippen molar-refractivity contribution in [1.29, 1.82) is 0 Å². The van der Waals surface area contributed by atoms with Crippen molar-refractivity contribution in [2.24, 2.45) is 0 Å². The molecule has 1 aromatic heterocycles. The summed E-state index contributed by atoms with van der Waals surface area (Å²) in [5, 5.41) is 5.27. The zero-order valence-corrected chi connectivity index (χ0v) is 16.2. The molecule has 2 aromatic carbocycles. The van der Waals surface area contributed by atoms with E-state index in [2.05, 4.69) is 5.32 Å². The standard InChI is InChI=1S/C19H12Cl2FNO3S/c1-26-19(25)16-14(10-2-5-12(22)6-3-10)9-27-18(16)23-17(24)13-7-4-11(20)8-15(13)21/h2-9H,1H3,(H,23,24). The van der Waals surface area contributed by atoms with Crippen LogP contribution in [0.15, 0.2) is 47.8 Å². The normalized spacial score (nSPS) is 10.5. The van der Waals surface area contributed by atoms with Crippen molar-refractivity contribution in [2.75, 3.05) is 12.4 Å². The first-order valence-electron chi connectivity index (χ1n) is 7.63. The van der Waals surface area contributed by atoms with Crippen LogP contribution in [-0.4, -0.2) is 19.0 Å². The van der Waals surface area contributed by atoms with Gasteiger partial charge in [0, 0.05) is 16.0 Å². The second-order valence-corrected chi connectivity index (χ2v) is 7.15. The van der Waals surface area contributed by atoms with E-state index in [-0.39, 0.29) is 22.0 Å². The van der Waals surface area contributed by atoms with Crippen LogP contribution in [0.25, 0.3) is 11.1 Å². The van der Waals surface area contributed by atoms with Crippen LogP contribution < -0.4 is 5.32 Å². The zero-order valence-electron chi connectivity index (χ0n) is 13.9. The third-order valence-electron chi connectivity index (χ3n) is 3.74. The minimum absolute atomic E-state index is 0.188. The number of methoxy groups -OCH3 is 1. The Balaban J connectivity index is 1.99. The van der Waals surface area contributed by atoms with Crippen molar-refractivity contribution in [3.63, 3.8) is 0 Å². The SMILES string of the molecule is COC(=O)c1c(-c2ccc(F)cc2)csc1NC(=O)c1ccc(Cl)cc1Cl. The molecule has 0 radical (unpaired) electrons. The summed E-state index contributed by atoms with van der Waals surface area (Å²) in [7, 11) is 1.25. The average molecular weight is 424 g/mol. The molecule has 0 unspecified atom stereocenters. The Labute approximate surface area is 168 Å². The third kappa shape index (κ3) is 4.13. The maximum absolute atomic E-state index is 13.2. The highest BCUT2D eigenvalue weighted by molar-refractivity contribution is 7.15. The van der Waals surface area contributed by atoms with Gasteiger partial charge in [-0.15, -0.1) is 11.3 Å². The van der Waals surface area contributed by atoms with E-state index in [0.29, 0.717) is 21.2 Å². The fourth-order valence-corrected chi connectivity index (χ4v) is 3.89. The lowest BCUT2D eigenvalue weighted by Crippen LogP contribution is -2.14. The summed E-state index contributed by atoms with van der Waals surface area (Å²) in [6, 6.07) is 10.2. The van der Waals surface area contributed by atoms with E-state index in [0.717, 1.165) is 11.3 Å². The van der Waals surface area contributed by atoms with Crippen LogP contribution in [0.2, 0.25) is 10.0 Å². The monoisotopic (exact) mass is 423 g/mol. The predicted molar refractivity (Wildman–Crippen MR) is 105 cm³/mol. The highest BCUT2D eigenvalue weighted by Gasteiger charge is 2.23. The Bertz CT molecular complexity index is 1020. The average Bonchev–Trinajstić information content (AvgIpc) is 3.05. The molecule has 0 aliphatic heterocycles. The van der Waals surface area contributed by atoms with Gasteiger partial charge in [0.15, 0.2) is 0 Å². The molecule has 3 rings (SSSR count). The van der Waals surface area contributed by atoms with Gasteiger partial charge in [-0.05, 0) is 35.9 Å². The molecule has 0 bridgehead atoms. The van der Waals surface area contributed by atoms with Crippen molar-refractivity contribution in [3.05, 3.63) is 74.8 Å². The summed E-state index contributed by atoms with van der Waals surface area (Å²) in [5.41, 5.74) is 1.56. The van der Waals surface area contributed by atoms with Gasteiger partial charge in [0.2, 0.25) is 0 Å². The number of halogens is 3. The van der Waals surface area contributed by atoms with E-state index in [1.54, 1.807) is 23.6 Å².